The molecule has 6 heteroatoms. The van der Waals surface area contributed by atoms with E-state index >= 15 is 0 Å². The molecule has 0 saturated heterocycles. The second-order valence-corrected chi connectivity index (χ2v) is 5.13. The van der Waals surface area contributed by atoms with Crippen molar-refractivity contribution in [3.05, 3.63) is 66.4 Å². The van der Waals surface area contributed by atoms with Crippen LogP contribution in [0, 0.1) is 0 Å². The summed E-state index contributed by atoms with van der Waals surface area (Å²) in [5, 5.41) is 5.33. The van der Waals surface area contributed by atoms with E-state index in [1.807, 2.05) is 0 Å². The van der Waals surface area contributed by atoms with E-state index < -0.39 is 12.0 Å². The van der Waals surface area contributed by atoms with Gasteiger partial charge in [-0.05, 0) is 24.6 Å². The van der Waals surface area contributed by atoms with Gasteiger partial charge in [-0.15, -0.1) is 0 Å². The molecule has 0 fully saturated rings. The topological polar surface area (TPSA) is 76.7 Å². The summed E-state index contributed by atoms with van der Waals surface area (Å²) in [4.78, 5) is 24.1. The van der Waals surface area contributed by atoms with Crippen molar-refractivity contribution >= 4 is 12.0 Å². The minimum absolute atomic E-state index is 0.102. The van der Waals surface area contributed by atoms with Crippen LogP contribution < -0.4 is 15.4 Å². The van der Waals surface area contributed by atoms with Crippen molar-refractivity contribution in [1.82, 2.24) is 10.6 Å². The van der Waals surface area contributed by atoms with Crippen molar-refractivity contribution < 1.29 is 19.1 Å². The van der Waals surface area contributed by atoms with Gasteiger partial charge in [0, 0.05) is 5.70 Å². The van der Waals surface area contributed by atoms with E-state index in [2.05, 4.69) is 23.8 Å². The molecule has 1 aliphatic rings. The summed E-state index contributed by atoms with van der Waals surface area (Å²) >= 11 is 0. The van der Waals surface area contributed by atoms with E-state index in [-0.39, 0.29) is 12.6 Å². The molecule has 2 amide bonds. The lowest BCUT2D eigenvalue weighted by atomic mass is 9.95. The van der Waals surface area contributed by atoms with Crippen LogP contribution >= 0.6 is 0 Å². The Kier molecular flexibility index (Phi) is 5.78. The molecule has 1 aromatic rings. The Morgan fingerprint density at radius 3 is 2.50 bits per heavy atom. The first-order valence-corrected chi connectivity index (χ1v) is 7.46. The van der Waals surface area contributed by atoms with Gasteiger partial charge in [0.15, 0.2) is 0 Å². The Balaban J connectivity index is 2.28. The number of urea groups is 1. The van der Waals surface area contributed by atoms with Gasteiger partial charge in [0.25, 0.3) is 0 Å². The smallest absolute Gasteiger partial charge is 0.338 e. The van der Waals surface area contributed by atoms with Gasteiger partial charge in [0.1, 0.15) is 19.0 Å². The number of amides is 2. The second kappa shape index (κ2) is 8.01. The summed E-state index contributed by atoms with van der Waals surface area (Å²) in [5.41, 5.74) is 1.57. The second-order valence-electron chi connectivity index (χ2n) is 5.13. The number of carbonyl (C=O) groups excluding carboxylic acids is 2. The van der Waals surface area contributed by atoms with E-state index in [1.54, 1.807) is 37.3 Å². The van der Waals surface area contributed by atoms with Crippen LogP contribution in [0.5, 0.6) is 5.75 Å². The van der Waals surface area contributed by atoms with Crippen molar-refractivity contribution in [3.8, 4) is 5.75 Å². The molecular weight excluding hydrogens is 308 g/mol. The number of benzene rings is 1. The summed E-state index contributed by atoms with van der Waals surface area (Å²) in [6.07, 6.45) is 3.14. The maximum Gasteiger partial charge on any atom is 0.338 e. The number of rotatable bonds is 7. The van der Waals surface area contributed by atoms with Crippen LogP contribution in [0.25, 0.3) is 0 Å². The van der Waals surface area contributed by atoms with Crippen LogP contribution in [0.3, 0.4) is 0 Å². The van der Waals surface area contributed by atoms with Crippen molar-refractivity contribution in [3.63, 3.8) is 0 Å². The van der Waals surface area contributed by atoms with Crippen molar-refractivity contribution in [1.29, 1.82) is 0 Å². The number of hydrogen-bond donors (Lipinski definition) is 2. The van der Waals surface area contributed by atoms with Gasteiger partial charge >= 0.3 is 12.0 Å². The summed E-state index contributed by atoms with van der Waals surface area (Å²) in [6, 6.07) is 6.17. The largest absolute Gasteiger partial charge is 0.490 e. The molecule has 0 saturated carbocycles. The summed E-state index contributed by atoms with van der Waals surface area (Å²) in [6.45, 7) is 9.28. The average molecular weight is 328 g/mol. The molecule has 0 spiro atoms. The Hall–Kier alpha value is -3.02. The van der Waals surface area contributed by atoms with E-state index in [0.717, 1.165) is 5.56 Å². The van der Waals surface area contributed by atoms with Gasteiger partial charge in [-0.3, -0.25) is 0 Å². The third-order valence-electron chi connectivity index (χ3n) is 3.40. The Morgan fingerprint density at radius 2 is 1.88 bits per heavy atom. The van der Waals surface area contributed by atoms with Crippen molar-refractivity contribution in [2.45, 2.75) is 13.0 Å². The minimum atomic E-state index is -0.593. The minimum Gasteiger partial charge on any atom is -0.490 e. The first-order valence-electron chi connectivity index (χ1n) is 7.46. The third kappa shape index (κ3) is 4.04. The highest BCUT2D eigenvalue weighted by atomic mass is 16.5. The highest BCUT2D eigenvalue weighted by molar-refractivity contribution is 5.95. The van der Waals surface area contributed by atoms with Crippen LogP contribution in [-0.2, 0) is 9.53 Å². The molecule has 1 aliphatic heterocycles. The zero-order chi connectivity index (χ0) is 17.5. The van der Waals surface area contributed by atoms with Crippen LogP contribution in [0.4, 0.5) is 4.79 Å². The summed E-state index contributed by atoms with van der Waals surface area (Å²) < 4.78 is 10.6. The molecule has 1 heterocycles. The summed E-state index contributed by atoms with van der Waals surface area (Å²) in [7, 11) is 0. The molecule has 0 unspecified atom stereocenters. The average Bonchev–Trinajstić information content (AvgIpc) is 2.57. The maximum absolute atomic E-state index is 12.3. The van der Waals surface area contributed by atoms with Crippen LogP contribution in [-0.4, -0.2) is 25.2 Å². The van der Waals surface area contributed by atoms with Gasteiger partial charge < -0.3 is 20.1 Å². The molecule has 0 aromatic heterocycles. The number of esters is 1. The monoisotopic (exact) mass is 328 g/mol. The van der Waals surface area contributed by atoms with Gasteiger partial charge in [-0.1, -0.05) is 37.4 Å². The van der Waals surface area contributed by atoms with Gasteiger partial charge in [-0.2, -0.15) is 0 Å². The lowest BCUT2D eigenvalue weighted by molar-refractivity contribution is -0.138. The molecule has 1 aromatic carbocycles. The SMILES string of the molecule is C=CCOC(=O)C1=C(C)NC(=O)N[C@H]1c1ccc(OCC=C)cc1. The molecule has 2 rings (SSSR count). The third-order valence-corrected chi connectivity index (χ3v) is 3.40. The van der Waals surface area contributed by atoms with E-state index in [1.165, 1.54) is 6.08 Å². The number of nitrogens with one attached hydrogen (secondary N) is 2. The Bertz CT molecular complexity index is 677. The molecular formula is C18H20N2O4. The highest BCUT2D eigenvalue weighted by Crippen LogP contribution is 2.28. The fourth-order valence-corrected chi connectivity index (χ4v) is 2.34. The van der Waals surface area contributed by atoms with Gasteiger partial charge in [0.2, 0.25) is 0 Å². The lowest BCUT2D eigenvalue weighted by Crippen LogP contribution is -2.45. The van der Waals surface area contributed by atoms with E-state index in [4.69, 9.17) is 9.47 Å². The predicted octanol–water partition coefficient (Wildman–Crippen LogP) is 2.61. The van der Waals surface area contributed by atoms with Crippen LogP contribution in [0.15, 0.2) is 60.8 Å². The maximum atomic E-state index is 12.3. The number of allylic oxidation sites excluding steroid dienone is 1. The zero-order valence-electron chi connectivity index (χ0n) is 13.5. The van der Waals surface area contributed by atoms with E-state index in [0.29, 0.717) is 23.6 Å². The Morgan fingerprint density at radius 1 is 1.21 bits per heavy atom. The van der Waals surface area contributed by atoms with Crippen LogP contribution in [0.2, 0.25) is 0 Å². The quantitative estimate of drug-likeness (QED) is 0.596. The first-order chi connectivity index (χ1) is 11.6. The highest BCUT2D eigenvalue weighted by Gasteiger charge is 2.32. The van der Waals surface area contributed by atoms with Gasteiger partial charge in [0.05, 0.1) is 11.6 Å². The molecule has 0 bridgehead atoms. The van der Waals surface area contributed by atoms with Crippen LogP contribution in [0.1, 0.15) is 18.5 Å². The summed E-state index contributed by atoms with van der Waals surface area (Å²) in [5.74, 6) is 0.173. The number of ether oxygens (including phenoxy) is 2. The predicted molar refractivity (Wildman–Crippen MR) is 90.4 cm³/mol. The molecule has 0 radical (unpaired) electrons. The number of hydrogen-bond acceptors (Lipinski definition) is 4. The first kappa shape index (κ1) is 17.3. The molecule has 0 aliphatic carbocycles. The lowest BCUT2D eigenvalue weighted by Gasteiger charge is -2.28. The Labute approximate surface area is 140 Å². The normalized spacial score (nSPS) is 16.7. The van der Waals surface area contributed by atoms with Crippen molar-refractivity contribution in [2.75, 3.05) is 13.2 Å². The zero-order valence-corrected chi connectivity index (χ0v) is 13.5. The number of carbonyl (C=O) groups is 2. The molecule has 24 heavy (non-hydrogen) atoms. The molecule has 126 valence electrons. The fourth-order valence-electron chi connectivity index (χ4n) is 2.34. The molecule has 2 N–H and O–H groups in total. The van der Waals surface area contributed by atoms with E-state index in [9.17, 15) is 9.59 Å². The molecule has 1 atom stereocenters. The fraction of sp³-hybridized carbons (Fsp3) is 0.222. The van der Waals surface area contributed by atoms with Gasteiger partial charge in [-0.25, -0.2) is 9.59 Å². The molecule has 6 nitrogen and oxygen atoms in total. The standard InChI is InChI=1S/C18H20N2O4/c1-4-10-23-14-8-6-13(7-9-14)16-15(17(21)24-11-5-2)12(3)19-18(22)20-16/h4-9,16H,1-2,10-11H2,3H3,(H2,19,20,22)/t16-/m0/s1. The van der Waals surface area contributed by atoms with Crippen molar-refractivity contribution in [2.24, 2.45) is 0 Å².